The molecule has 0 aliphatic carbocycles. The molecule has 1 aromatic carbocycles. The highest BCUT2D eigenvalue weighted by atomic mass is 16.6. The summed E-state index contributed by atoms with van der Waals surface area (Å²) in [5.41, 5.74) is 0.753. The van der Waals surface area contributed by atoms with Crippen molar-refractivity contribution in [1.29, 1.82) is 0 Å². The average Bonchev–Trinajstić information content (AvgIpc) is 2.98. The number of aromatic nitrogens is 2. The summed E-state index contributed by atoms with van der Waals surface area (Å²) in [5, 5.41) is 2.81. The molecule has 1 fully saturated rings. The molecule has 1 N–H and O–H groups in total. The number of carbonyl (C=O) groups is 4. The first-order valence-electron chi connectivity index (χ1n) is 14.6. The van der Waals surface area contributed by atoms with Crippen LogP contribution in [0.25, 0.3) is 11.4 Å². The monoisotopic (exact) mass is 597 g/mol. The molecule has 1 aromatic heterocycles. The fourth-order valence-electron chi connectivity index (χ4n) is 4.50. The normalized spacial score (nSPS) is 14.9. The van der Waals surface area contributed by atoms with E-state index in [1.165, 1.54) is 4.90 Å². The van der Waals surface area contributed by atoms with Crippen LogP contribution in [0.15, 0.2) is 36.4 Å². The molecule has 3 rings (SSSR count). The van der Waals surface area contributed by atoms with Crippen LogP contribution >= 0.6 is 0 Å². The van der Waals surface area contributed by atoms with Crippen molar-refractivity contribution in [3.05, 3.63) is 47.8 Å². The second-order valence-corrected chi connectivity index (χ2v) is 11.3. The lowest BCUT2D eigenvalue weighted by molar-refractivity contribution is -0.155. The SMILES string of the molecule is CCOC(=O)N1CCN(C(=O)C(CCC(=O)OC(C)(C)C)NC(=O)c2cc(CC(C)OC)nc(-c3ccccc3)n2)CC1. The van der Waals surface area contributed by atoms with Crippen molar-refractivity contribution in [1.82, 2.24) is 25.1 Å². The maximum atomic E-state index is 13.7. The first-order valence-corrected chi connectivity index (χ1v) is 14.6. The van der Waals surface area contributed by atoms with Crippen molar-refractivity contribution >= 4 is 23.9 Å². The Morgan fingerprint density at radius 3 is 2.26 bits per heavy atom. The van der Waals surface area contributed by atoms with E-state index in [9.17, 15) is 19.2 Å². The van der Waals surface area contributed by atoms with Gasteiger partial charge >= 0.3 is 12.1 Å². The molecule has 12 heteroatoms. The maximum absolute atomic E-state index is 13.7. The highest BCUT2D eigenvalue weighted by Gasteiger charge is 2.32. The van der Waals surface area contributed by atoms with E-state index < -0.39 is 29.6 Å². The number of nitrogens with one attached hydrogen (secondary N) is 1. The number of carbonyl (C=O) groups excluding carboxylic acids is 4. The quantitative estimate of drug-likeness (QED) is 0.387. The van der Waals surface area contributed by atoms with Crippen molar-refractivity contribution in [3.63, 3.8) is 0 Å². The van der Waals surface area contributed by atoms with E-state index in [4.69, 9.17) is 14.2 Å². The van der Waals surface area contributed by atoms with E-state index in [1.807, 2.05) is 37.3 Å². The molecule has 2 atom stereocenters. The molecular formula is C31H43N5O7. The van der Waals surface area contributed by atoms with Gasteiger partial charge in [-0.2, -0.15) is 0 Å². The Bertz CT molecular complexity index is 1260. The van der Waals surface area contributed by atoms with Crippen LogP contribution in [0.2, 0.25) is 0 Å². The summed E-state index contributed by atoms with van der Waals surface area (Å²) in [6.07, 6.45) is -0.175. The van der Waals surface area contributed by atoms with Gasteiger partial charge in [0.25, 0.3) is 5.91 Å². The maximum Gasteiger partial charge on any atom is 0.409 e. The molecule has 0 spiro atoms. The van der Waals surface area contributed by atoms with Crippen LogP contribution in [-0.4, -0.2) is 101 Å². The molecule has 1 aliphatic heterocycles. The molecule has 2 heterocycles. The lowest BCUT2D eigenvalue weighted by Gasteiger charge is -2.36. The smallest absolute Gasteiger partial charge is 0.409 e. The number of amides is 3. The van der Waals surface area contributed by atoms with Crippen molar-refractivity contribution in [3.8, 4) is 11.4 Å². The Morgan fingerprint density at radius 2 is 1.65 bits per heavy atom. The van der Waals surface area contributed by atoms with Gasteiger partial charge in [0.2, 0.25) is 5.91 Å². The molecule has 0 bridgehead atoms. The van der Waals surface area contributed by atoms with E-state index in [1.54, 1.807) is 45.8 Å². The molecule has 43 heavy (non-hydrogen) atoms. The topological polar surface area (TPSA) is 140 Å². The number of rotatable bonds is 11. The Hall–Kier alpha value is -4.06. The predicted octanol–water partition coefficient (Wildman–Crippen LogP) is 3.24. The molecule has 0 saturated carbocycles. The van der Waals surface area contributed by atoms with Gasteiger partial charge in [0.15, 0.2) is 5.82 Å². The van der Waals surface area contributed by atoms with Gasteiger partial charge in [0, 0.05) is 57.4 Å². The van der Waals surface area contributed by atoms with Crippen molar-refractivity contribution in [2.24, 2.45) is 0 Å². The van der Waals surface area contributed by atoms with Gasteiger partial charge in [-0.3, -0.25) is 14.4 Å². The zero-order chi connectivity index (χ0) is 31.6. The van der Waals surface area contributed by atoms with Gasteiger partial charge in [0.05, 0.1) is 12.7 Å². The third-order valence-electron chi connectivity index (χ3n) is 6.72. The fraction of sp³-hybridized carbons (Fsp3) is 0.548. The molecular weight excluding hydrogens is 554 g/mol. The molecule has 2 unspecified atom stereocenters. The molecule has 1 aliphatic rings. The van der Waals surface area contributed by atoms with Gasteiger partial charge in [-0.25, -0.2) is 14.8 Å². The second-order valence-electron chi connectivity index (χ2n) is 11.3. The van der Waals surface area contributed by atoms with E-state index in [0.717, 1.165) is 5.56 Å². The van der Waals surface area contributed by atoms with Crippen LogP contribution in [0.4, 0.5) is 4.79 Å². The Balaban J connectivity index is 1.84. The lowest BCUT2D eigenvalue weighted by atomic mass is 10.1. The van der Waals surface area contributed by atoms with Crippen LogP contribution in [0.5, 0.6) is 0 Å². The zero-order valence-electron chi connectivity index (χ0n) is 25.9. The predicted molar refractivity (Wildman–Crippen MR) is 159 cm³/mol. The molecule has 1 saturated heterocycles. The van der Waals surface area contributed by atoms with E-state index >= 15 is 0 Å². The average molecular weight is 598 g/mol. The minimum atomic E-state index is -1.02. The fourth-order valence-corrected chi connectivity index (χ4v) is 4.50. The van der Waals surface area contributed by atoms with Gasteiger partial charge < -0.3 is 29.3 Å². The summed E-state index contributed by atoms with van der Waals surface area (Å²) in [6, 6.07) is 9.86. The second kappa shape index (κ2) is 15.4. The first-order chi connectivity index (χ1) is 20.4. The molecule has 3 amide bonds. The number of piperazine rings is 1. The minimum absolute atomic E-state index is 0.0295. The number of ether oxygens (including phenoxy) is 3. The van der Waals surface area contributed by atoms with Gasteiger partial charge in [-0.1, -0.05) is 30.3 Å². The molecule has 12 nitrogen and oxygen atoms in total. The number of hydrogen-bond donors (Lipinski definition) is 1. The molecule has 234 valence electrons. The standard InChI is InChI=1S/C31H43N5O7/c1-7-42-30(40)36-17-15-35(16-18-36)29(39)24(13-14-26(37)43-31(3,4)5)34-28(38)25-20-23(19-21(2)41-6)32-27(33-25)22-11-9-8-10-12-22/h8-12,20-21,24H,7,13-19H2,1-6H3,(H,34,38). The zero-order valence-corrected chi connectivity index (χ0v) is 25.9. The largest absolute Gasteiger partial charge is 0.460 e. The Kier molecular flexibility index (Phi) is 12.0. The summed E-state index contributed by atoms with van der Waals surface area (Å²) < 4.78 is 15.9. The van der Waals surface area contributed by atoms with Gasteiger partial charge in [-0.05, 0) is 47.1 Å². The van der Waals surface area contributed by atoms with Gasteiger partial charge in [-0.15, -0.1) is 0 Å². The third-order valence-corrected chi connectivity index (χ3v) is 6.72. The van der Waals surface area contributed by atoms with Crippen LogP contribution in [0, 0.1) is 0 Å². The van der Waals surface area contributed by atoms with E-state index in [-0.39, 0.29) is 50.2 Å². The van der Waals surface area contributed by atoms with Crippen molar-refractivity contribution in [2.75, 3.05) is 39.9 Å². The van der Waals surface area contributed by atoms with Crippen LogP contribution in [0.1, 0.15) is 63.6 Å². The highest BCUT2D eigenvalue weighted by molar-refractivity contribution is 5.96. The van der Waals surface area contributed by atoms with Crippen LogP contribution < -0.4 is 5.32 Å². The molecule has 0 radical (unpaired) electrons. The van der Waals surface area contributed by atoms with Crippen LogP contribution in [0.3, 0.4) is 0 Å². The molecule has 2 aromatic rings. The van der Waals surface area contributed by atoms with Crippen LogP contribution in [-0.2, 0) is 30.2 Å². The summed E-state index contributed by atoms with van der Waals surface area (Å²) >= 11 is 0. The summed E-state index contributed by atoms with van der Waals surface area (Å²) in [7, 11) is 1.60. The third kappa shape index (κ3) is 10.3. The Labute approximate surface area is 253 Å². The summed E-state index contributed by atoms with van der Waals surface area (Å²) in [4.78, 5) is 64.2. The van der Waals surface area contributed by atoms with Gasteiger partial charge in [0.1, 0.15) is 17.3 Å². The van der Waals surface area contributed by atoms with Crippen molar-refractivity contribution in [2.45, 2.75) is 71.6 Å². The lowest BCUT2D eigenvalue weighted by Crippen LogP contribution is -2.56. The number of benzene rings is 1. The number of hydrogen-bond acceptors (Lipinski definition) is 9. The van der Waals surface area contributed by atoms with Crippen molar-refractivity contribution < 1.29 is 33.4 Å². The highest BCUT2D eigenvalue weighted by Crippen LogP contribution is 2.18. The van der Waals surface area contributed by atoms with E-state index in [0.29, 0.717) is 31.0 Å². The summed E-state index contributed by atoms with van der Waals surface area (Å²) in [5.74, 6) is -1.03. The van der Waals surface area contributed by atoms with E-state index in [2.05, 4.69) is 15.3 Å². The number of nitrogens with zero attached hydrogens (tertiary/aromatic N) is 4. The minimum Gasteiger partial charge on any atom is -0.460 e. The number of methoxy groups -OCH3 is 1. The number of esters is 1. The summed E-state index contributed by atoms with van der Waals surface area (Å²) in [6.45, 7) is 10.3. The first kappa shape index (κ1) is 33.4. The Morgan fingerprint density at radius 1 is 1.00 bits per heavy atom.